The third-order valence-corrected chi connectivity index (χ3v) is 2.22. The summed E-state index contributed by atoms with van der Waals surface area (Å²) >= 11 is 0. The largest absolute Gasteiger partial charge is 0.392 e. The molecule has 0 aliphatic carbocycles. The summed E-state index contributed by atoms with van der Waals surface area (Å²) in [7, 11) is 0. The van der Waals surface area contributed by atoms with Gasteiger partial charge in [0.05, 0.1) is 25.8 Å². The van der Waals surface area contributed by atoms with E-state index >= 15 is 0 Å². The number of terminal acetylenes is 1. The van der Waals surface area contributed by atoms with Crippen molar-refractivity contribution in [2.24, 2.45) is 0 Å². The Labute approximate surface area is 95.9 Å². The van der Waals surface area contributed by atoms with E-state index in [0.29, 0.717) is 19.6 Å². The van der Waals surface area contributed by atoms with Crippen molar-refractivity contribution in [3.8, 4) is 18.4 Å². The monoisotopic (exact) mass is 214 g/mol. The van der Waals surface area contributed by atoms with Crippen LogP contribution in [0.2, 0.25) is 0 Å². The van der Waals surface area contributed by atoms with Gasteiger partial charge in [0.2, 0.25) is 0 Å². The molecule has 0 saturated heterocycles. The third kappa shape index (κ3) is 3.74. The van der Waals surface area contributed by atoms with Gasteiger partial charge in [0.15, 0.2) is 0 Å². The molecule has 3 nitrogen and oxygen atoms in total. The molecule has 0 fully saturated rings. The Morgan fingerprint density at radius 1 is 1.19 bits per heavy atom. The Bertz CT molecular complexity index is 381. The van der Waals surface area contributed by atoms with Crippen molar-refractivity contribution in [1.82, 2.24) is 4.90 Å². The van der Waals surface area contributed by atoms with Crippen LogP contribution in [0.3, 0.4) is 0 Å². The summed E-state index contributed by atoms with van der Waals surface area (Å²) in [5, 5.41) is 17.5. The molecule has 1 N–H and O–H groups in total. The van der Waals surface area contributed by atoms with Crippen molar-refractivity contribution in [3.05, 3.63) is 35.4 Å². The van der Waals surface area contributed by atoms with Crippen LogP contribution in [-0.2, 0) is 13.2 Å². The molecule has 0 amide bonds. The SMILES string of the molecule is C#CCN(CC#N)Cc1ccc(CO)cc1. The molecule has 82 valence electrons. The summed E-state index contributed by atoms with van der Waals surface area (Å²) in [6, 6.07) is 9.70. The Kier molecular flexibility index (Phi) is 5.08. The molecule has 0 heterocycles. The van der Waals surface area contributed by atoms with E-state index in [0.717, 1.165) is 11.1 Å². The fourth-order valence-electron chi connectivity index (χ4n) is 1.41. The number of rotatable bonds is 5. The number of aliphatic hydroxyl groups is 1. The summed E-state index contributed by atoms with van der Waals surface area (Å²) < 4.78 is 0. The zero-order chi connectivity index (χ0) is 11.8. The van der Waals surface area contributed by atoms with Crippen LogP contribution < -0.4 is 0 Å². The second kappa shape index (κ2) is 6.63. The second-order valence-corrected chi connectivity index (χ2v) is 3.48. The molecule has 0 aromatic heterocycles. The molecule has 0 aliphatic rings. The highest BCUT2D eigenvalue weighted by Gasteiger charge is 2.03. The Morgan fingerprint density at radius 3 is 2.31 bits per heavy atom. The first-order chi connectivity index (χ1) is 7.80. The molecule has 1 rings (SSSR count). The van der Waals surface area contributed by atoms with Crippen LogP contribution in [0.25, 0.3) is 0 Å². The van der Waals surface area contributed by atoms with Crippen molar-refractivity contribution in [2.75, 3.05) is 13.1 Å². The predicted molar refractivity (Wildman–Crippen MR) is 62.1 cm³/mol. The van der Waals surface area contributed by atoms with Gasteiger partial charge in [0.25, 0.3) is 0 Å². The van der Waals surface area contributed by atoms with Crippen LogP contribution >= 0.6 is 0 Å². The summed E-state index contributed by atoms with van der Waals surface area (Å²) in [6.07, 6.45) is 5.22. The first-order valence-corrected chi connectivity index (χ1v) is 5.01. The number of aliphatic hydroxyl groups excluding tert-OH is 1. The van der Waals surface area contributed by atoms with Crippen molar-refractivity contribution in [1.29, 1.82) is 5.26 Å². The lowest BCUT2D eigenvalue weighted by Crippen LogP contribution is -2.23. The summed E-state index contributed by atoms with van der Waals surface area (Å²) in [5.74, 6) is 2.53. The summed E-state index contributed by atoms with van der Waals surface area (Å²) in [4.78, 5) is 1.88. The highest BCUT2D eigenvalue weighted by Crippen LogP contribution is 2.07. The average Bonchev–Trinajstić information content (AvgIpc) is 2.31. The van der Waals surface area contributed by atoms with E-state index in [9.17, 15) is 0 Å². The van der Waals surface area contributed by atoms with Crippen LogP contribution in [0.5, 0.6) is 0 Å². The van der Waals surface area contributed by atoms with Gasteiger partial charge >= 0.3 is 0 Å². The zero-order valence-corrected chi connectivity index (χ0v) is 9.06. The minimum atomic E-state index is 0.0482. The molecule has 3 heteroatoms. The number of hydrogen-bond donors (Lipinski definition) is 1. The number of benzene rings is 1. The molecule has 0 bridgehead atoms. The molecular weight excluding hydrogens is 200 g/mol. The van der Waals surface area contributed by atoms with E-state index in [2.05, 4.69) is 12.0 Å². The van der Waals surface area contributed by atoms with E-state index in [1.165, 1.54) is 0 Å². The quantitative estimate of drug-likeness (QED) is 0.590. The van der Waals surface area contributed by atoms with Gasteiger partial charge in [-0.2, -0.15) is 5.26 Å². The average molecular weight is 214 g/mol. The molecule has 0 unspecified atom stereocenters. The lowest BCUT2D eigenvalue weighted by molar-refractivity contribution is 0.281. The predicted octanol–water partition coefficient (Wildman–Crippen LogP) is 1.14. The smallest absolute Gasteiger partial charge is 0.0876 e. The van der Waals surface area contributed by atoms with Crippen molar-refractivity contribution < 1.29 is 5.11 Å². The van der Waals surface area contributed by atoms with Crippen molar-refractivity contribution in [3.63, 3.8) is 0 Å². The molecule has 16 heavy (non-hydrogen) atoms. The standard InChI is InChI=1S/C13H14N2O/c1-2-8-15(9-7-14)10-12-3-5-13(11-16)6-4-12/h1,3-6,16H,8-11H2. The van der Waals surface area contributed by atoms with Gasteiger partial charge in [0, 0.05) is 6.54 Å². The minimum absolute atomic E-state index is 0.0482. The van der Waals surface area contributed by atoms with Crippen molar-refractivity contribution >= 4 is 0 Å². The minimum Gasteiger partial charge on any atom is -0.392 e. The molecule has 0 atom stereocenters. The van der Waals surface area contributed by atoms with Gasteiger partial charge in [-0.25, -0.2) is 0 Å². The van der Waals surface area contributed by atoms with Gasteiger partial charge in [-0.3, -0.25) is 4.90 Å². The lowest BCUT2D eigenvalue weighted by atomic mass is 10.1. The van der Waals surface area contributed by atoms with Gasteiger partial charge in [0.1, 0.15) is 0 Å². The van der Waals surface area contributed by atoms with E-state index in [1.54, 1.807) is 0 Å². The maximum Gasteiger partial charge on any atom is 0.0876 e. The molecule has 0 saturated carbocycles. The molecule has 0 aliphatic heterocycles. The first-order valence-electron chi connectivity index (χ1n) is 5.01. The molecule has 0 radical (unpaired) electrons. The van der Waals surface area contributed by atoms with Gasteiger partial charge in [-0.1, -0.05) is 30.2 Å². The number of nitrogens with zero attached hydrogens (tertiary/aromatic N) is 2. The maximum absolute atomic E-state index is 8.90. The fraction of sp³-hybridized carbons (Fsp3) is 0.308. The van der Waals surface area contributed by atoms with Crippen LogP contribution in [0, 0.1) is 23.7 Å². The fourth-order valence-corrected chi connectivity index (χ4v) is 1.41. The van der Waals surface area contributed by atoms with E-state index in [-0.39, 0.29) is 6.61 Å². The van der Waals surface area contributed by atoms with Crippen LogP contribution in [-0.4, -0.2) is 23.1 Å². The van der Waals surface area contributed by atoms with Crippen molar-refractivity contribution in [2.45, 2.75) is 13.2 Å². The van der Waals surface area contributed by atoms with E-state index in [4.69, 9.17) is 16.8 Å². The van der Waals surface area contributed by atoms with Gasteiger partial charge in [-0.05, 0) is 11.1 Å². The Balaban J connectivity index is 2.63. The molecule has 1 aromatic carbocycles. The lowest BCUT2D eigenvalue weighted by Gasteiger charge is -2.15. The highest BCUT2D eigenvalue weighted by molar-refractivity contribution is 5.22. The van der Waals surface area contributed by atoms with E-state index < -0.39 is 0 Å². The molecule has 0 spiro atoms. The molecular formula is C13H14N2O. The topological polar surface area (TPSA) is 47.3 Å². The normalized spacial score (nSPS) is 9.75. The number of hydrogen-bond acceptors (Lipinski definition) is 3. The molecule has 1 aromatic rings. The third-order valence-electron chi connectivity index (χ3n) is 2.22. The van der Waals surface area contributed by atoms with Crippen LogP contribution in [0.15, 0.2) is 24.3 Å². The second-order valence-electron chi connectivity index (χ2n) is 3.48. The Hall–Kier alpha value is -1.81. The highest BCUT2D eigenvalue weighted by atomic mass is 16.3. The van der Waals surface area contributed by atoms with Gasteiger partial charge in [-0.15, -0.1) is 6.42 Å². The van der Waals surface area contributed by atoms with Crippen LogP contribution in [0.1, 0.15) is 11.1 Å². The van der Waals surface area contributed by atoms with Gasteiger partial charge < -0.3 is 5.11 Å². The summed E-state index contributed by atoms with van der Waals surface area (Å²) in [6.45, 7) is 1.50. The maximum atomic E-state index is 8.90. The summed E-state index contributed by atoms with van der Waals surface area (Å²) in [5.41, 5.74) is 1.97. The Morgan fingerprint density at radius 2 is 1.81 bits per heavy atom. The number of nitriles is 1. The van der Waals surface area contributed by atoms with E-state index in [1.807, 2.05) is 29.2 Å². The zero-order valence-electron chi connectivity index (χ0n) is 9.06. The first kappa shape index (κ1) is 12.3. The van der Waals surface area contributed by atoms with Crippen LogP contribution in [0.4, 0.5) is 0 Å².